The highest BCUT2D eigenvalue weighted by atomic mass is 35.5. The van der Waals surface area contributed by atoms with Crippen LogP contribution in [0.15, 0.2) is 42.5 Å². The zero-order valence-electron chi connectivity index (χ0n) is 15.8. The predicted octanol–water partition coefficient (Wildman–Crippen LogP) is 3.35. The van der Waals surface area contributed by atoms with Crippen molar-refractivity contribution < 1.29 is 23.2 Å². The van der Waals surface area contributed by atoms with Crippen molar-refractivity contribution in [3.63, 3.8) is 0 Å². The molecular formula is C21H18ClF2N3O3. The summed E-state index contributed by atoms with van der Waals surface area (Å²) in [7, 11) is 0. The van der Waals surface area contributed by atoms with E-state index in [4.69, 9.17) is 11.6 Å². The third kappa shape index (κ3) is 3.63. The molecule has 0 saturated carbocycles. The average Bonchev–Trinajstić information content (AvgIpc) is 2.94. The Hall–Kier alpha value is -3.00. The number of amides is 4. The number of nitrogens with zero attached hydrogens (tertiary/aromatic N) is 2. The maximum absolute atomic E-state index is 14.0. The van der Waals surface area contributed by atoms with E-state index in [9.17, 15) is 23.2 Å². The molecular weight excluding hydrogens is 416 g/mol. The lowest BCUT2D eigenvalue weighted by molar-refractivity contribution is -0.133. The molecule has 6 nitrogen and oxygen atoms in total. The van der Waals surface area contributed by atoms with Crippen LogP contribution in [0.3, 0.4) is 0 Å². The van der Waals surface area contributed by atoms with Gasteiger partial charge in [-0.15, -0.1) is 0 Å². The minimum Gasteiger partial charge on any atom is -0.336 e. The number of rotatable bonds is 3. The van der Waals surface area contributed by atoms with E-state index in [0.717, 1.165) is 28.7 Å². The number of piperidine rings is 1. The summed E-state index contributed by atoms with van der Waals surface area (Å²) in [4.78, 5) is 40.8. The van der Waals surface area contributed by atoms with Crippen molar-refractivity contribution in [2.45, 2.75) is 24.9 Å². The molecule has 2 aliphatic heterocycles. The molecule has 2 saturated heterocycles. The quantitative estimate of drug-likeness (QED) is 0.755. The number of nitrogens with one attached hydrogen (secondary N) is 1. The summed E-state index contributed by atoms with van der Waals surface area (Å²) in [6.45, 7) is 0.233. The van der Waals surface area contributed by atoms with Crippen molar-refractivity contribution in [1.29, 1.82) is 0 Å². The van der Waals surface area contributed by atoms with Crippen LogP contribution in [0.1, 0.15) is 28.8 Å². The van der Waals surface area contributed by atoms with Gasteiger partial charge in [0.05, 0.1) is 18.7 Å². The molecule has 0 radical (unpaired) electrons. The number of halogens is 3. The molecule has 156 valence electrons. The predicted molar refractivity (Wildman–Crippen MR) is 105 cm³/mol. The molecule has 0 aromatic heterocycles. The Kier molecular flexibility index (Phi) is 5.19. The molecule has 0 bridgehead atoms. The third-order valence-corrected chi connectivity index (χ3v) is 5.69. The van der Waals surface area contributed by atoms with Gasteiger partial charge in [0.1, 0.15) is 17.2 Å². The van der Waals surface area contributed by atoms with Crippen molar-refractivity contribution in [3.05, 3.63) is 70.2 Å². The summed E-state index contributed by atoms with van der Waals surface area (Å²) in [6, 6.07) is 8.87. The first-order valence-electron chi connectivity index (χ1n) is 9.42. The van der Waals surface area contributed by atoms with Crippen molar-refractivity contribution in [3.8, 4) is 0 Å². The molecule has 4 rings (SSSR count). The normalized spacial score (nSPS) is 21.3. The Morgan fingerprint density at radius 1 is 1.13 bits per heavy atom. The van der Waals surface area contributed by atoms with E-state index in [-0.39, 0.29) is 19.6 Å². The second kappa shape index (κ2) is 7.68. The van der Waals surface area contributed by atoms with E-state index in [1.54, 1.807) is 24.3 Å². The van der Waals surface area contributed by atoms with Crippen LogP contribution in [0.25, 0.3) is 0 Å². The van der Waals surface area contributed by atoms with Gasteiger partial charge in [-0.05, 0) is 48.7 Å². The molecule has 0 aliphatic carbocycles. The molecule has 1 atom stereocenters. The first kappa shape index (κ1) is 20.3. The third-order valence-electron chi connectivity index (χ3n) is 5.44. The van der Waals surface area contributed by atoms with Crippen LogP contribution in [0.2, 0.25) is 5.02 Å². The SMILES string of the molecule is O=C(c1cc(F)ccc1F)N1CCCC2(C1)NC(=O)N(Cc1ccc(Cl)cc1)C2=O. The smallest absolute Gasteiger partial charge is 0.325 e. The second-order valence-corrected chi connectivity index (χ2v) is 7.92. The van der Waals surface area contributed by atoms with E-state index in [1.165, 1.54) is 4.90 Å². The summed E-state index contributed by atoms with van der Waals surface area (Å²) in [5.41, 5.74) is -0.950. The van der Waals surface area contributed by atoms with E-state index < -0.39 is 40.6 Å². The monoisotopic (exact) mass is 433 g/mol. The van der Waals surface area contributed by atoms with Gasteiger partial charge in [0.15, 0.2) is 0 Å². The van der Waals surface area contributed by atoms with Gasteiger partial charge in [0, 0.05) is 11.6 Å². The van der Waals surface area contributed by atoms with E-state index >= 15 is 0 Å². The van der Waals surface area contributed by atoms with E-state index in [0.29, 0.717) is 17.9 Å². The Morgan fingerprint density at radius 2 is 1.87 bits per heavy atom. The second-order valence-electron chi connectivity index (χ2n) is 7.48. The number of hydrogen-bond acceptors (Lipinski definition) is 3. The van der Waals surface area contributed by atoms with Gasteiger partial charge in [0.2, 0.25) is 0 Å². The fraction of sp³-hybridized carbons (Fsp3) is 0.286. The summed E-state index contributed by atoms with van der Waals surface area (Å²) in [5, 5.41) is 3.25. The van der Waals surface area contributed by atoms with Crippen LogP contribution in [0.4, 0.5) is 13.6 Å². The van der Waals surface area contributed by atoms with E-state index in [2.05, 4.69) is 5.32 Å². The Balaban J connectivity index is 1.54. The maximum atomic E-state index is 14.0. The number of urea groups is 1. The lowest BCUT2D eigenvalue weighted by atomic mass is 9.88. The van der Waals surface area contributed by atoms with Crippen molar-refractivity contribution in [2.24, 2.45) is 0 Å². The van der Waals surface area contributed by atoms with Crippen molar-refractivity contribution in [1.82, 2.24) is 15.1 Å². The molecule has 2 aliphatic rings. The summed E-state index contributed by atoms with van der Waals surface area (Å²) in [6.07, 6.45) is 0.785. The number of imide groups is 1. The maximum Gasteiger partial charge on any atom is 0.325 e. The summed E-state index contributed by atoms with van der Waals surface area (Å²) in [5.74, 6) is -2.73. The molecule has 2 aromatic carbocycles. The lowest BCUT2D eigenvalue weighted by Crippen LogP contribution is -2.59. The Morgan fingerprint density at radius 3 is 2.60 bits per heavy atom. The molecule has 30 heavy (non-hydrogen) atoms. The number of hydrogen-bond donors (Lipinski definition) is 1. The van der Waals surface area contributed by atoms with Gasteiger partial charge in [-0.1, -0.05) is 23.7 Å². The molecule has 2 heterocycles. The average molecular weight is 434 g/mol. The Labute approximate surface area is 176 Å². The van der Waals surface area contributed by atoms with Crippen LogP contribution in [0.5, 0.6) is 0 Å². The van der Waals surface area contributed by atoms with Gasteiger partial charge in [0.25, 0.3) is 11.8 Å². The van der Waals surface area contributed by atoms with Crippen LogP contribution in [-0.2, 0) is 11.3 Å². The minimum atomic E-state index is -1.28. The number of benzene rings is 2. The van der Waals surface area contributed by atoms with Gasteiger partial charge in [-0.3, -0.25) is 14.5 Å². The Bertz CT molecular complexity index is 1030. The number of likely N-dealkylation sites (tertiary alicyclic amines) is 1. The zero-order chi connectivity index (χ0) is 21.5. The van der Waals surface area contributed by atoms with Crippen LogP contribution < -0.4 is 5.32 Å². The molecule has 2 aromatic rings. The summed E-state index contributed by atoms with van der Waals surface area (Å²) < 4.78 is 27.5. The van der Waals surface area contributed by atoms with Crippen LogP contribution in [0, 0.1) is 11.6 Å². The standard InChI is InChI=1S/C21H18ClF2N3O3/c22-14-4-2-13(3-5-14)11-27-19(29)21(25-20(27)30)8-1-9-26(12-21)18(28)16-10-15(23)6-7-17(16)24/h2-7,10H,1,8-9,11-12H2,(H,25,30). The summed E-state index contributed by atoms with van der Waals surface area (Å²) >= 11 is 5.87. The van der Waals surface area contributed by atoms with Crippen LogP contribution >= 0.6 is 11.6 Å². The van der Waals surface area contributed by atoms with E-state index in [1.807, 2.05) is 0 Å². The zero-order valence-corrected chi connectivity index (χ0v) is 16.6. The topological polar surface area (TPSA) is 69.7 Å². The van der Waals surface area contributed by atoms with Crippen molar-refractivity contribution >= 4 is 29.4 Å². The van der Waals surface area contributed by atoms with Gasteiger partial charge in [-0.2, -0.15) is 0 Å². The molecule has 1 unspecified atom stereocenters. The first-order chi connectivity index (χ1) is 14.3. The van der Waals surface area contributed by atoms with Crippen molar-refractivity contribution in [2.75, 3.05) is 13.1 Å². The lowest BCUT2D eigenvalue weighted by Gasteiger charge is -2.38. The fourth-order valence-electron chi connectivity index (χ4n) is 3.93. The highest BCUT2D eigenvalue weighted by molar-refractivity contribution is 6.30. The molecule has 2 fully saturated rings. The number of carbonyl (C=O) groups excluding carboxylic acids is 3. The van der Waals surface area contributed by atoms with Gasteiger partial charge >= 0.3 is 6.03 Å². The highest BCUT2D eigenvalue weighted by Crippen LogP contribution is 2.30. The van der Waals surface area contributed by atoms with Crippen LogP contribution in [-0.4, -0.2) is 46.3 Å². The fourth-order valence-corrected chi connectivity index (χ4v) is 4.06. The molecule has 4 amide bonds. The molecule has 1 N–H and O–H groups in total. The molecule has 1 spiro atoms. The first-order valence-corrected chi connectivity index (χ1v) is 9.80. The minimum absolute atomic E-state index is 0.0655. The largest absolute Gasteiger partial charge is 0.336 e. The highest BCUT2D eigenvalue weighted by Gasteiger charge is 2.53. The van der Waals surface area contributed by atoms with Gasteiger partial charge in [-0.25, -0.2) is 13.6 Å². The molecule has 9 heteroatoms. The van der Waals surface area contributed by atoms with Gasteiger partial charge < -0.3 is 10.2 Å². The number of carbonyl (C=O) groups is 3.